The summed E-state index contributed by atoms with van der Waals surface area (Å²) in [7, 11) is -0.777. The second-order valence-corrected chi connectivity index (χ2v) is 7.56. The van der Waals surface area contributed by atoms with Gasteiger partial charge in [-0.2, -0.15) is 0 Å². The van der Waals surface area contributed by atoms with Crippen molar-refractivity contribution < 1.29 is 14.3 Å². The summed E-state index contributed by atoms with van der Waals surface area (Å²) < 4.78 is 4.64. The fourth-order valence-corrected chi connectivity index (χ4v) is 3.73. The van der Waals surface area contributed by atoms with Crippen LogP contribution in [0, 0.1) is 0 Å². The maximum atomic E-state index is 12.5. The van der Waals surface area contributed by atoms with Gasteiger partial charge in [-0.05, 0) is 36.9 Å². The Labute approximate surface area is 126 Å². The zero-order valence-electron chi connectivity index (χ0n) is 12.4. The quantitative estimate of drug-likeness (QED) is 0.861. The van der Waals surface area contributed by atoms with Crippen molar-refractivity contribution in [3.63, 3.8) is 0 Å². The molecule has 0 saturated heterocycles. The topological polar surface area (TPSA) is 72.6 Å². The highest BCUT2D eigenvalue weighted by atomic mass is 28.3. The molecule has 1 aromatic carbocycles. The molecule has 2 rings (SSSR count). The number of anilines is 1. The molecule has 2 N–H and O–H groups in total. The first-order chi connectivity index (χ1) is 10.1. The molecule has 0 radical (unpaired) electrons. The third-order valence-corrected chi connectivity index (χ3v) is 5.59. The highest BCUT2D eigenvalue weighted by Gasteiger charge is 2.23. The van der Waals surface area contributed by atoms with E-state index in [1.165, 1.54) is 12.7 Å². The lowest BCUT2D eigenvalue weighted by molar-refractivity contribution is -0.118. The first-order valence-corrected chi connectivity index (χ1v) is 9.41. The number of fused-ring (bicyclic) bond motifs is 1. The minimum absolute atomic E-state index is 0.0520. The normalized spacial score (nSPS) is 15.8. The summed E-state index contributed by atoms with van der Waals surface area (Å²) in [5.41, 5.74) is 1.89. The van der Waals surface area contributed by atoms with Crippen LogP contribution in [0.3, 0.4) is 0 Å². The number of hydrogen-bond donors (Lipinski definition) is 1. The number of nitrogens with two attached hydrogens (primary N) is 1. The average Bonchev–Trinajstić information content (AvgIpc) is 2.73. The smallest absolute Gasteiger partial charge is 0.285 e. The molecule has 0 aliphatic carbocycles. The van der Waals surface area contributed by atoms with E-state index in [0.29, 0.717) is 12.5 Å². The van der Waals surface area contributed by atoms with E-state index >= 15 is 0 Å². The van der Waals surface area contributed by atoms with Crippen LogP contribution in [-0.4, -0.2) is 34.1 Å². The van der Waals surface area contributed by atoms with Crippen LogP contribution in [0.5, 0.6) is 0 Å². The maximum absolute atomic E-state index is 12.5. The molecular formula is C15H22N2O3Si. The molecule has 0 fully saturated rings. The van der Waals surface area contributed by atoms with E-state index in [-0.39, 0.29) is 11.5 Å². The van der Waals surface area contributed by atoms with Gasteiger partial charge in [-0.25, -0.2) is 0 Å². The molecule has 1 heterocycles. The Morgan fingerprint density at radius 1 is 1.33 bits per heavy atom. The Kier molecular flexibility index (Phi) is 5.52. The summed E-state index contributed by atoms with van der Waals surface area (Å²) in [5, 5.41) is 5.82. The van der Waals surface area contributed by atoms with Crippen LogP contribution in [0.2, 0.25) is 6.04 Å². The number of nitrogens with zero attached hydrogens (tertiary/aromatic N) is 1. The lowest BCUT2D eigenvalue weighted by atomic mass is 10.1. The Hall–Kier alpha value is -1.66. The third kappa shape index (κ3) is 3.92. The monoisotopic (exact) mass is 306 g/mol. The van der Waals surface area contributed by atoms with Crippen LogP contribution in [0.4, 0.5) is 10.5 Å². The summed E-state index contributed by atoms with van der Waals surface area (Å²) in [6, 6.07) is 8.49. The number of para-hydroxylation sites is 1. The highest BCUT2D eigenvalue weighted by Crippen LogP contribution is 2.26. The number of carbonyl (C=O) groups excluding carboxylic acids is 2. The van der Waals surface area contributed by atoms with Crippen LogP contribution >= 0.6 is 0 Å². The molecule has 0 bridgehead atoms. The first-order valence-electron chi connectivity index (χ1n) is 7.35. The Morgan fingerprint density at radius 2 is 2.10 bits per heavy atom. The van der Waals surface area contributed by atoms with Gasteiger partial charge in [-0.1, -0.05) is 18.2 Å². The third-order valence-electron chi connectivity index (χ3n) is 3.83. The first kappa shape index (κ1) is 15.7. The van der Waals surface area contributed by atoms with Crippen LogP contribution < -0.4 is 10.3 Å². The van der Waals surface area contributed by atoms with Crippen molar-refractivity contribution in [3.05, 3.63) is 29.8 Å². The molecule has 21 heavy (non-hydrogen) atoms. The largest absolute Gasteiger partial charge is 0.472 e. The predicted molar refractivity (Wildman–Crippen MR) is 84.9 cm³/mol. The summed E-state index contributed by atoms with van der Waals surface area (Å²) in [5.74, 6) is 0.0520. The van der Waals surface area contributed by atoms with Crippen molar-refractivity contribution in [1.29, 1.82) is 0 Å². The molecule has 1 atom stereocenters. The standard InChI is InChI=1S/C15H22N2O3Si/c1-20-15(19)21(16)11-9-14(18)17-10-5-4-7-12-6-2-3-8-13(12)17/h2-3,6,8,21H,4-5,7,9-11,16H2,1H3/t21-/m0/s1. The molecule has 5 nitrogen and oxygen atoms in total. The molecular weight excluding hydrogens is 284 g/mol. The van der Waals surface area contributed by atoms with Gasteiger partial charge in [0.1, 0.15) is 0 Å². The minimum atomic E-state index is -2.11. The molecule has 0 spiro atoms. The van der Waals surface area contributed by atoms with Crippen LogP contribution in [0.15, 0.2) is 24.3 Å². The molecule has 1 amide bonds. The van der Waals surface area contributed by atoms with Crippen molar-refractivity contribution in [2.75, 3.05) is 18.6 Å². The Morgan fingerprint density at radius 3 is 2.86 bits per heavy atom. The van der Waals surface area contributed by atoms with Gasteiger partial charge in [0, 0.05) is 18.7 Å². The van der Waals surface area contributed by atoms with Crippen molar-refractivity contribution in [2.45, 2.75) is 31.7 Å². The number of methoxy groups -OCH3 is 1. The molecule has 6 heteroatoms. The van der Waals surface area contributed by atoms with Crippen LogP contribution in [0.25, 0.3) is 0 Å². The van der Waals surface area contributed by atoms with Gasteiger partial charge in [0.05, 0.1) is 7.11 Å². The van der Waals surface area contributed by atoms with Crippen molar-refractivity contribution in [2.24, 2.45) is 5.40 Å². The summed E-state index contributed by atoms with van der Waals surface area (Å²) >= 11 is 0. The van der Waals surface area contributed by atoms with Crippen molar-refractivity contribution in [3.8, 4) is 0 Å². The van der Waals surface area contributed by atoms with Crippen molar-refractivity contribution in [1.82, 2.24) is 0 Å². The molecule has 1 aliphatic rings. The highest BCUT2D eigenvalue weighted by molar-refractivity contribution is 6.86. The predicted octanol–water partition coefficient (Wildman–Crippen LogP) is 1.78. The summed E-state index contributed by atoms with van der Waals surface area (Å²) in [4.78, 5) is 25.7. The SMILES string of the molecule is COC(=O)[Si@@H](N)CCC(=O)N1CCCCc2ccccc21. The van der Waals surface area contributed by atoms with Crippen LogP contribution in [-0.2, 0) is 16.0 Å². The van der Waals surface area contributed by atoms with Gasteiger partial charge in [-0.3, -0.25) is 9.59 Å². The molecule has 0 saturated carbocycles. The van der Waals surface area contributed by atoms with E-state index in [0.717, 1.165) is 31.5 Å². The van der Waals surface area contributed by atoms with E-state index < -0.39 is 8.96 Å². The zero-order valence-corrected chi connectivity index (χ0v) is 13.5. The number of carbonyl (C=O) groups is 2. The van der Waals surface area contributed by atoms with E-state index in [2.05, 4.69) is 10.8 Å². The number of aryl methyl sites for hydroxylation is 1. The lowest BCUT2D eigenvalue weighted by Gasteiger charge is -2.23. The Balaban J connectivity index is 2.04. The zero-order chi connectivity index (χ0) is 15.2. The lowest BCUT2D eigenvalue weighted by Crippen LogP contribution is -2.38. The number of benzene rings is 1. The molecule has 1 aliphatic heterocycles. The van der Waals surface area contributed by atoms with Crippen LogP contribution in [0.1, 0.15) is 24.8 Å². The van der Waals surface area contributed by atoms with Gasteiger partial charge in [0.2, 0.25) is 14.9 Å². The molecule has 0 unspecified atom stereocenters. The average molecular weight is 306 g/mol. The van der Waals surface area contributed by atoms with Gasteiger partial charge in [0.15, 0.2) is 0 Å². The maximum Gasteiger partial charge on any atom is 0.285 e. The van der Waals surface area contributed by atoms with Gasteiger partial charge in [-0.15, -0.1) is 0 Å². The Bertz CT molecular complexity index is 521. The molecule has 0 aromatic heterocycles. The number of amides is 1. The van der Waals surface area contributed by atoms with E-state index in [9.17, 15) is 9.59 Å². The fraction of sp³-hybridized carbons (Fsp3) is 0.467. The number of ether oxygens (including phenoxy) is 1. The van der Waals surface area contributed by atoms with Gasteiger partial charge in [0.25, 0.3) is 5.59 Å². The number of hydrogen-bond acceptors (Lipinski definition) is 4. The molecule has 1 aromatic rings. The van der Waals surface area contributed by atoms with Gasteiger partial charge < -0.3 is 15.0 Å². The minimum Gasteiger partial charge on any atom is -0.472 e. The van der Waals surface area contributed by atoms with E-state index in [4.69, 9.17) is 5.40 Å². The number of rotatable bonds is 4. The fourth-order valence-electron chi connectivity index (χ4n) is 2.63. The van der Waals surface area contributed by atoms with Crippen molar-refractivity contribution >= 4 is 26.1 Å². The van der Waals surface area contributed by atoms with E-state index in [1.54, 1.807) is 0 Å². The van der Waals surface area contributed by atoms with E-state index in [1.807, 2.05) is 23.1 Å². The summed E-state index contributed by atoms with van der Waals surface area (Å²) in [6.07, 6.45) is 3.42. The second-order valence-electron chi connectivity index (χ2n) is 5.30. The summed E-state index contributed by atoms with van der Waals surface area (Å²) in [6.45, 7) is 0.741. The van der Waals surface area contributed by atoms with Gasteiger partial charge >= 0.3 is 0 Å². The second kappa shape index (κ2) is 7.38. The molecule has 114 valence electrons.